The van der Waals surface area contributed by atoms with Crippen LogP contribution in [0.2, 0.25) is 5.02 Å². The molecule has 1 saturated heterocycles. The molecule has 9 nitrogen and oxygen atoms in total. The van der Waals surface area contributed by atoms with Crippen LogP contribution in [0.3, 0.4) is 0 Å². The molecule has 0 saturated carbocycles. The number of amides is 2. The van der Waals surface area contributed by atoms with Crippen molar-refractivity contribution in [1.29, 1.82) is 0 Å². The van der Waals surface area contributed by atoms with Crippen LogP contribution < -0.4 is 10.6 Å². The van der Waals surface area contributed by atoms with Crippen molar-refractivity contribution in [2.75, 3.05) is 63.1 Å². The number of thioether (sulfide) groups is 1. The van der Waals surface area contributed by atoms with Crippen LogP contribution in [-0.2, 0) is 25.5 Å². The molecule has 1 aliphatic rings. The number of nitrogens with zero attached hydrogens (tertiary/aromatic N) is 3. The molecule has 1 aliphatic heterocycles. The van der Waals surface area contributed by atoms with Crippen molar-refractivity contribution in [1.82, 2.24) is 9.80 Å². The normalized spacial score (nSPS) is 15.2. The van der Waals surface area contributed by atoms with Gasteiger partial charge in [-0.1, -0.05) is 30.7 Å². The first-order valence-electron chi connectivity index (χ1n) is 15.4. The summed E-state index contributed by atoms with van der Waals surface area (Å²) >= 11 is 7.17. The third-order valence-corrected chi connectivity index (χ3v) is 8.93. The van der Waals surface area contributed by atoms with E-state index < -0.39 is 17.1 Å². The van der Waals surface area contributed by atoms with Gasteiger partial charge in [0.05, 0.1) is 18.8 Å². The molecule has 44 heavy (non-hydrogen) atoms. The van der Waals surface area contributed by atoms with E-state index in [2.05, 4.69) is 17.0 Å². The first kappa shape index (κ1) is 35.8. The molecule has 2 aromatic rings. The molecule has 2 N–H and O–H groups in total. The van der Waals surface area contributed by atoms with Gasteiger partial charge in [0.2, 0.25) is 0 Å². The molecule has 0 aliphatic carbocycles. The number of esters is 1. The highest BCUT2D eigenvalue weighted by molar-refractivity contribution is 8.01. The molecular weight excluding hydrogens is 600 g/mol. The fourth-order valence-corrected chi connectivity index (χ4v) is 5.70. The van der Waals surface area contributed by atoms with Crippen molar-refractivity contribution in [3.05, 3.63) is 64.7 Å². The number of carbonyl (C=O) groups excluding carboxylic acids is 3. The summed E-state index contributed by atoms with van der Waals surface area (Å²) in [6, 6.07) is 14.9. The number of hydrogen-bond donors (Lipinski definition) is 1. The predicted molar refractivity (Wildman–Crippen MR) is 179 cm³/mol. The molecule has 242 valence electrons. The summed E-state index contributed by atoms with van der Waals surface area (Å²) in [5, 5.41) is -0.315. The molecule has 2 amide bonds. The number of benzene rings is 2. The Morgan fingerprint density at radius 3 is 2.25 bits per heavy atom. The summed E-state index contributed by atoms with van der Waals surface area (Å²) in [6.07, 6.45) is 1.27. The Labute approximate surface area is 271 Å². The van der Waals surface area contributed by atoms with Crippen molar-refractivity contribution in [2.24, 2.45) is 5.73 Å². The lowest BCUT2D eigenvalue weighted by Crippen LogP contribution is -2.49. The first-order chi connectivity index (χ1) is 21.1. The van der Waals surface area contributed by atoms with E-state index in [0.717, 1.165) is 31.1 Å². The molecule has 2 aromatic carbocycles. The largest absolute Gasteiger partial charge is 0.461 e. The average Bonchev–Trinajstić information content (AvgIpc) is 3.02. The molecule has 1 unspecified atom stereocenters. The van der Waals surface area contributed by atoms with Gasteiger partial charge in [-0.25, -0.2) is 0 Å². The number of anilines is 1. The standard InChI is InChI=1S/C33H47ClN4O5S/c1-5-25(4)43-33(41)30(44-23-15-35)32(40)38(21-22-42-24(2)3)29-12-8-27(9-13-29)31(39)37-19-17-36(18-20-37)16-14-26-6-10-28(34)11-7-26/h6-13,24-25,30H,5,14-23,35H2,1-4H3/t25?,30-/m1/s1. The van der Waals surface area contributed by atoms with E-state index in [-0.39, 0.29) is 24.7 Å². The average molecular weight is 647 g/mol. The highest BCUT2D eigenvalue weighted by Crippen LogP contribution is 2.23. The second kappa shape index (κ2) is 18.4. The predicted octanol–water partition coefficient (Wildman–Crippen LogP) is 4.50. The Bertz CT molecular complexity index is 1190. The summed E-state index contributed by atoms with van der Waals surface area (Å²) in [6.45, 7) is 12.3. The van der Waals surface area contributed by atoms with E-state index in [1.54, 1.807) is 36.1 Å². The summed E-state index contributed by atoms with van der Waals surface area (Å²) in [4.78, 5) is 46.0. The van der Waals surface area contributed by atoms with Crippen LogP contribution in [0.25, 0.3) is 0 Å². The number of rotatable bonds is 16. The molecule has 11 heteroatoms. The topological polar surface area (TPSA) is 105 Å². The second-order valence-corrected chi connectivity index (χ2v) is 12.8. The number of piperazine rings is 1. The Balaban J connectivity index is 1.66. The van der Waals surface area contributed by atoms with Gasteiger partial charge in [-0.2, -0.15) is 0 Å². The fraction of sp³-hybridized carbons (Fsp3) is 0.545. The van der Waals surface area contributed by atoms with Gasteiger partial charge in [-0.15, -0.1) is 11.8 Å². The van der Waals surface area contributed by atoms with Crippen LogP contribution in [-0.4, -0.2) is 103 Å². The highest BCUT2D eigenvalue weighted by Gasteiger charge is 2.34. The summed E-state index contributed by atoms with van der Waals surface area (Å²) < 4.78 is 11.3. The van der Waals surface area contributed by atoms with Crippen LogP contribution in [0.4, 0.5) is 5.69 Å². The summed E-state index contributed by atoms with van der Waals surface area (Å²) in [5.41, 5.74) is 8.08. The zero-order chi connectivity index (χ0) is 32.1. The monoisotopic (exact) mass is 646 g/mol. The second-order valence-electron chi connectivity index (χ2n) is 11.2. The van der Waals surface area contributed by atoms with E-state index in [1.165, 1.54) is 17.3 Å². The van der Waals surface area contributed by atoms with Crippen LogP contribution >= 0.6 is 23.4 Å². The van der Waals surface area contributed by atoms with Gasteiger partial charge in [0.1, 0.15) is 0 Å². The minimum absolute atomic E-state index is 0.0115. The van der Waals surface area contributed by atoms with Gasteiger partial charge < -0.3 is 25.0 Å². The van der Waals surface area contributed by atoms with Crippen LogP contribution in [0.15, 0.2) is 48.5 Å². The van der Waals surface area contributed by atoms with Gasteiger partial charge in [0.15, 0.2) is 5.25 Å². The van der Waals surface area contributed by atoms with Gasteiger partial charge in [-0.05, 0) is 75.6 Å². The Morgan fingerprint density at radius 2 is 1.66 bits per heavy atom. The maximum Gasteiger partial charge on any atom is 0.329 e. The molecule has 3 rings (SSSR count). The lowest BCUT2D eigenvalue weighted by Gasteiger charge is -2.35. The van der Waals surface area contributed by atoms with Crippen molar-refractivity contribution in [3.8, 4) is 0 Å². The van der Waals surface area contributed by atoms with Gasteiger partial charge in [0, 0.05) is 67.8 Å². The molecule has 2 atom stereocenters. The van der Waals surface area contributed by atoms with E-state index in [9.17, 15) is 14.4 Å². The van der Waals surface area contributed by atoms with E-state index in [4.69, 9.17) is 26.8 Å². The number of halogens is 1. The Morgan fingerprint density at radius 1 is 1.00 bits per heavy atom. The molecular formula is C33H47ClN4O5S. The van der Waals surface area contributed by atoms with E-state index in [1.807, 2.05) is 37.8 Å². The third kappa shape index (κ3) is 11.1. The quantitative estimate of drug-likeness (QED) is 0.210. The minimum atomic E-state index is -1.05. The molecule has 0 radical (unpaired) electrons. The van der Waals surface area contributed by atoms with Crippen LogP contribution in [0.5, 0.6) is 0 Å². The van der Waals surface area contributed by atoms with Gasteiger partial charge in [-0.3, -0.25) is 19.3 Å². The molecule has 0 bridgehead atoms. The first-order valence-corrected chi connectivity index (χ1v) is 16.9. The Hall–Kier alpha value is -2.63. The van der Waals surface area contributed by atoms with E-state index in [0.29, 0.717) is 49.7 Å². The molecule has 0 spiro atoms. The SMILES string of the molecule is CCC(C)OC(=O)[C@H](SCCN)C(=O)N(CCOC(C)C)c1ccc(C(=O)N2CCN(CCc3ccc(Cl)cc3)CC2)cc1. The minimum Gasteiger partial charge on any atom is -0.461 e. The van der Waals surface area contributed by atoms with Crippen molar-refractivity contribution in [2.45, 2.75) is 58.0 Å². The van der Waals surface area contributed by atoms with Gasteiger partial charge >= 0.3 is 5.97 Å². The summed E-state index contributed by atoms with van der Waals surface area (Å²) in [5.74, 6) is -0.567. The number of nitrogens with two attached hydrogens (primary N) is 1. The lowest BCUT2D eigenvalue weighted by molar-refractivity contribution is -0.149. The number of hydrogen-bond acceptors (Lipinski definition) is 8. The highest BCUT2D eigenvalue weighted by atomic mass is 35.5. The number of carbonyl (C=O) groups is 3. The zero-order valence-electron chi connectivity index (χ0n) is 26.4. The lowest BCUT2D eigenvalue weighted by atomic mass is 10.1. The van der Waals surface area contributed by atoms with Crippen molar-refractivity contribution >= 4 is 46.8 Å². The molecule has 1 heterocycles. The number of ether oxygens (including phenoxy) is 2. The molecule has 0 aromatic heterocycles. The summed E-state index contributed by atoms with van der Waals surface area (Å²) in [7, 11) is 0. The smallest absolute Gasteiger partial charge is 0.329 e. The van der Waals surface area contributed by atoms with Crippen molar-refractivity contribution in [3.63, 3.8) is 0 Å². The third-order valence-electron chi connectivity index (χ3n) is 7.48. The van der Waals surface area contributed by atoms with E-state index >= 15 is 0 Å². The Kier molecular flexibility index (Phi) is 15.0. The maximum atomic E-state index is 13.8. The zero-order valence-corrected chi connectivity index (χ0v) is 27.9. The van der Waals surface area contributed by atoms with Gasteiger partial charge in [0.25, 0.3) is 11.8 Å². The maximum absolute atomic E-state index is 13.8. The van der Waals surface area contributed by atoms with Crippen LogP contribution in [0.1, 0.15) is 50.0 Å². The van der Waals surface area contributed by atoms with Crippen LogP contribution in [0, 0.1) is 0 Å². The fourth-order valence-electron chi connectivity index (χ4n) is 4.74. The van der Waals surface area contributed by atoms with Crippen molar-refractivity contribution < 1.29 is 23.9 Å². The molecule has 1 fully saturated rings.